The number of benzene rings is 1. The van der Waals surface area contributed by atoms with E-state index in [1.807, 2.05) is 0 Å². The van der Waals surface area contributed by atoms with Crippen LogP contribution in [0.3, 0.4) is 0 Å². The van der Waals surface area contributed by atoms with Crippen molar-refractivity contribution in [1.82, 2.24) is 10.3 Å². The van der Waals surface area contributed by atoms with Crippen LogP contribution in [0.5, 0.6) is 0 Å². The number of anilines is 1. The van der Waals surface area contributed by atoms with E-state index < -0.39 is 11.6 Å². The third-order valence-corrected chi connectivity index (χ3v) is 3.40. The molecule has 0 bridgehead atoms. The second-order valence-electron chi connectivity index (χ2n) is 5.72. The number of carbonyl (C=O) groups is 2. The molecule has 6 nitrogen and oxygen atoms in total. The number of urea groups is 1. The van der Waals surface area contributed by atoms with E-state index in [4.69, 9.17) is 11.6 Å². The number of amides is 2. The van der Waals surface area contributed by atoms with Crippen molar-refractivity contribution < 1.29 is 14.7 Å². The number of aromatic amines is 1. The summed E-state index contributed by atoms with van der Waals surface area (Å²) >= 11 is 5.96. The molecule has 0 saturated carbocycles. The summed E-state index contributed by atoms with van der Waals surface area (Å²) < 4.78 is 0. The molecule has 0 unspecified atom stereocenters. The summed E-state index contributed by atoms with van der Waals surface area (Å²) in [6.07, 6.45) is 1.64. The number of ketones is 1. The second-order valence-corrected chi connectivity index (χ2v) is 6.16. The molecule has 1 aromatic heterocycles. The van der Waals surface area contributed by atoms with Crippen LogP contribution in [0.4, 0.5) is 10.5 Å². The Kier molecular flexibility index (Phi) is 5.08. The van der Waals surface area contributed by atoms with Crippen LogP contribution in [0, 0.1) is 0 Å². The van der Waals surface area contributed by atoms with Gasteiger partial charge in [0.2, 0.25) is 5.78 Å². The maximum atomic E-state index is 12.5. The van der Waals surface area contributed by atoms with Crippen LogP contribution in [0.15, 0.2) is 36.5 Å². The topological polar surface area (TPSA) is 94.2 Å². The number of rotatable bonds is 5. The molecular formula is C16H18ClN3O3. The molecular weight excluding hydrogens is 318 g/mol. The molecule has 0 spiro atoms. The van der Waals surface area contributed by atoms with Crippen molar-refractivity contribution in [2.45, 2.75) is 19.4 Å². The van der Waals surface area contributed by atoms with Crippen LogP contribution in [0.25, 0.3) is 0 Å². The lowest BCUT2D eigenvalue weighted by atomic mass is 10.1. The van der Waals surface area contributed by atoms with Gasteiger partial charge < -0.3 is 20.7 Å². The Labute approximate surface area is 138 Å². The van der Waals surface area contributed by atoms with Crippen LogP contribution < -0.4 is 10.6 Å². The molecule has 0 saturated heterocycles. The Morgan fingerprint density at radius 1 is 1.30 bits per heavy atom. The molecule has 2 rings (SSSR count). The monoisotopic (exact) mass is 335 g/mol. The molecule has 4 N–H and O–H groups in total. The van der Waals surface area contributed by atoms with E-state index in [9.17, 15) is 14.7 Å². The van der Waals surface area contributed by atoms with E-state index in [2.05, 4.69) is 15.6 Å². The number of nitrogens with one attached hydrogen (secondary N) is 3. The SMILES string of the molecule is CC(C)(CO)NC(=O)Nc1ccc(Cl)cc1C(=O)c1ccc[nH]1. The zero-order valence-electron chi connectivity index (χ0n) is 12.8. The van der Waals surface area contributed by atoms with Crippen LogP contribution in [0.1, 0.15) is 29.9 Å². The lowest BCUT2D eigenvalue weighted by Crippen LogP contribution is -2.48. The van der Waals surface area contributed by atoms with Crippen molar-refractivity contribution in [3.63, 3.8) is 0 Å². The maximum Gasteiger partial charge on any atom is 0.319 e. The van der Waals surface area contributed by atoms with Gasteiger partial charge in [-0.15, -0.1) is 0 Å². The normalized spacial score (nSPS) is 11.1. The van der Waals surface area contributed by atoms with Gasteiger partial charge >= 0.3 is 6.03 Å². The first-order chi connectivity index (χ1) is 10.8. The first kappa shape index (κ1) is 17.1. The number of aliphatic hydroxyl groups excluding tert-OH is 1. The summed E-state index contributed by atoms with van der Waals surface area (Å²) in [6.45, 7) is 3.15. The molecule has 122 valence electrons. The van der Waals surface area contributed by atoms with Gasteiger partial charge in [0, 0.05) is 16.8 Å². The fourth-order valence-corrected chi connectivity index (χ4v) is 2.10. The van der Waals surface area contributed by atoms with E-state index in [-0.39, 0.29) is 18.0 Å². The second kappa shape index (κ2) is 6.85. The number of aromatic nitrogens is 1. The summed E-state index contributed by atoms with van der Waals surface area (Å²) in [4.78, 5) is 27.4. The standard InChI is InChI=1S/C16H18ClN3O3/c1-16(2,9-21)20-15(23)19-12-6-5-10(17)8-11(12)14(22)13-4-3-7-18-13/h3-8,18,21H,9H2,1-2H3,(H2,19,20,23). The van der Waals surface area contributed by atoms with E-state index in [1.54, 1.807) is 44.3 Å². The van der Waals surface area contributed by atoms with Gasteiger partial charge in [-0.3, -0.25) is 4.79 Å². The highest BCUT2D eigenvalue weighted by Gasteiger charge is 2.21. The van der Waals surface area contributed by atoms with E-state index in [0.717, 1.165) is 0 Å². The van der Waals surface area contributed by atoms with Gasteiger partial charge in [-0.25, -0.2) is 4.79 Å². The summed E-state index contributed by atoms with van der Waals surface area (Å²) in [5, 5.41) is 14.8. The molecule has 0 aliphatic carbocycles. The first-order valence-corrected chi connectivity index (χ1v) is 7.38. The van der Waals surface area contributed by atoms with Crippen molar-refractivity contribution >= 4 is 29.1 Å². The van der Waals surface area contributed by atoms with Crippen molar-refractivity contribution in [3.05, 3.63) is 52.8 Å². The van der Waals surface area contributed by atoms with Gasteiger partial charge in [-0.2, -0.15) is 0 Å². The Morgan fingerprint density at radius 3 is 2.65 bits per heavy atom. The van der Waals surface area contributed by atoms with Crippen LogP contribution in [0.2, 0.25) is 5.02 Å². The molecule has 0 atom stereocenters. The predicted octanol–water partition coefficient (Wildman–Crippen LogP) is 2.79. The summed E-state index contributed by atoms with van der Waals surface area (Å²) in [7, 11) is 0. The fourth-order valence-electron chi connectivity index (χ4n) is 1.93. The third kappa shape index (κ3) is 4.34. The van der Waals surface area contributed by atoms with Gasteiger partial charge in [0.15, 0.2) is 0 Å². The quantitative estimate of drug-likeness (QED) is 0.633. The minimum atomic E-state index is -0.778. The van der Waals surface area contributed by atoms with Crippen molar-refractivity contribution in [2.75, 3.05) is 11.9 Å². The van der Waals surface area contributed by atoms with E-state index >= 15 is 0 Å². The molecule has 1 aromatic carbocycles. The fraction of sp³-hybridized carbons (Fsp3) is 0.250. The van der Waals surface area contributed by atoms with Crippen molar-refractivity contribution in [1.29, 1.82) is 0 Å². The van der Waals surface area contributed by atoms with Gasteiger partial charge in [0.05, 0.1) is 23.5 Å². The predicted molar refractivity (Wildman–Crippen MR) is 89.0 cm³/mol. The largest absolute Gasteiger partial charge is 0.394 e. The third-order valence-electron chi connectivity index (χ3n) is 3.16. The van der Waals surface area contributed by atoms with Crippen LogP contribution in [-0.2, 0) is 0 Å². The number of aliphatic hydroxyl groups is 1. The molecule has 0 fully saturated rings. The number of carbonyl (C=O) groups excluding carboxylic acids is 2. The van der Waals surface area contributed by atoms with Crippen molar-refractivity contribution in [3.8, 4) is 0 Å². The lowest BCUT2D eigenvalue weighted by molar-refractivity contribution is 0.103. The Bertz CT molecular complexity index is 711. The zero-order chi connectivity index (χ0) is 17.0. The average Bonchev–Trinajstić information content (AvgIpc) is 3.02. The highest BCUT2D eigenvalue weighted by molar-refractivity contribution is 6.31. The number of halogens is 1. The molecule has 0 aliphatic heterocycles. The maximum absolute atomic E-state index is 12.5. The highest BCUT2D eigenvalue weighted by atomic mass is 35.5. The minimum Gasteiger partial charge on any atom is -0.394 e. The van der Waals surface area contributed by atoms with Gasteiger partial charge in [0.25, 0.3) is 0 Å². The molecule has 2 amide bonds. The average molecular weight is 336 g/mol. The van der Waals surface area contributed by atoms with Crippen LogP contribution >= 0.6 is 11.6 Å². The molecule has 0 aliphatic rings. The Hall–Kier alpha value is -2.31. The Morgan fingerprint density at radius 2 is 2.04 bits per heavy atom. The summed E-state index contributed by atoms with van der Waals surface area (Å²) in [6, 6.07) is 7.47. The summed E-state index contributed by atoms with van der Waals surface area (Å²) in [5.41, 5.74) is 0.226. The molecule has 1 heterocycles. The molecule has 23 heavy (non-hydrogen) atoms. The smallest absolute Gasteiger partial charge is 0.319 e. The summed E-state index contributed by atoms with van der Waals surface area (Å²) in [5.74, 6) is -0.283. The van der Waals surface area contributed by atoms with Gasteiger partial charge in [-0.1, -0.05) is 11.6 Å². The van der Waals surface area contributed by atoms with Crippen molar-refractivity contribution in [2.24, 2.45) is 0 Å². The van der Waals surface area contributed by atoms with E-state index in [1.165, 1.54) is 6.07 Å². The number of H-pyrrole nitrogens is 1. The highest BCUT2D eigenvalue weighted by Crippen LogP contribution is 2.23. The molecule has 2 aromatic rings. The first-order valence-electron chi connectivity index (χ1n) is 7.00. The number of hydrogen-bond acceptors (Lipinski definition) is 3. The Balaban J connectivity index is 2.26. The number of hydrogen-bond donors (Lipinski definition) is 4. The molecule has 7 heteroatoms. The van der Waals surface area contributed by atoms with E-state index in [0.29, 0.717) is 16.4 Å². The minimum absolute atomic E-state index is 0.213. The van der Waals surface area contributed by atoms with Gasteiger partial charge in [-0.05, 0) is 44.2 Å². The van der Waals surface area contributed by atoms with Gasteiger partial charge in [0.1, 0.15) is 0 Å². The lowest BCUT2D eigenvalue weighted by Gasteiger charge is -2.24. The molecule has 0 radical (unpaired) electrons. The van der Waals surface area contributed by atoms with Crippen LogP contribution in [-0.4, -0.2) is 34.1 Å². The zero-order valence-corrected chi connectivity index (χ0v) is 13.6.